The number of aryl methyl sites for hydroxylation is 2. The summed E-state index contributed by atoms with van der Waals surface area (Å²) in [5.41, 5.74) is 3.18. The lowest BCUT2D eigenvalue weighted by Gasteiger charge is -2.10. The first-order valence-electron chi connectivity index (χ1n) is 6.87. The molecule has 0 radical (unpaired) electrons. The van der Waals surface area contributed by atoms with E-state index < -0.39 is 10.0 Å². The first-order chi connectivity index (χ1) is 10.1. The van der Waals surface area contributed by atoms with Crippen LogP contribution in [0.4, 0.5) is 5.69 Å². The largest absolute Gasteiger partial charge is 0.497 e. The zero-order valence-corrected chi connectivity index (χ0v) is 12.6. The van der Waals surface area contributed by atoms with Crippen LogP contribution in [0.25, 0.3) is 0 Å². The molecule has 1 aliphatic rings. The fourth-order valence-corrected chi connectivity index (χ4v) is 3.65. The number of sulfonamides is 1. The minimum absolute atomic E-state index is 0.226. The van der Waals surface area contributed by atoms with Crippen LogP contribution in [-0.4, -0.2) is 15.5 Å². The van der Waals surface area contributed by atoms with Crippen LogP contribution < -0.4 is 9.46 Å². The van der Waals surface area contributed by atoms with E-state index in [4.69, 9.17) is 4.74 Å². The van der Waals surface area contributed by atoms with Gasteiger partial charge in [0.15, 0.2) is 0 Å². The molecule has 0 aliphatic heterocycles. The minimum atomic E-state index is -3.56. The van der Waals surface area contributed by atoms with Crippen LogP contribution in [0, 0.1) is 0 Å². The summed E-state index contributed by atoms with van der Waals surface area (Å²) in [7, 11) is -2.01. The molecule has 21 heavy (non-hydrogen) atoms. The van der Waals surface area contributed by atoms with Gasteiger partial charge in [-0.3, -0.25) is 4.72 Å². The maximum atomic E-state index is 12.3. The first-order valence-corrected chi connectivity index (χ1v) is 8.35. The van der Waals surface area contributed by atoms with E-state index in [1.54, 1.807) is 19.2 Å². The topological polar surface area (TPSA) is 55.4 Å². The van der Waals surface area contributed by atoms with E-state index >= 15 is 0 Å². The van der Waals surface area contributed by atoms with Crippen molar-refractivity contribution in [1.82, 2.24) is 0 Å². The zero-order valence-electron chi connectivity index (χ0n) is 11.8. The van der Waals surface area contributed by atoms with Crippen molar-refractivity contribution in [3.8, 4) is 5.75 Å². The van der Waals surface area contributed by atoms with Gasteiger partial charge in [-0.2, -0.15) is 0 Å². The van der Waals surface area contributed by atoms with Crippen molar-refractivity contribution >= 4 is 15.7 Å². The molecule has 5 heteroatoms. The van der Waals surface area contributed by atoms with E-state index in [0.29, 0.717) is 11.4 Å². The van der Waals surface area contributed by atoms with Gasteiger partial charge in [-0.25, -0.2) is 8.42 Å². The zero-order chi connectivity index (χ0) is 14.9. The molecule has 0 bridgehead atoms. The second-order valence-corrected chi connectivity index (χ2v) is 6.80. The second kappa shape index (κ2) is 5.41. The van der Waals surface area contributed by atoms with Crippen LogP contribution in [-0.2, 0) is 22.9 Å². The lowest BCUT2D eigenvalue weighted by atomic mass is 10.1. The number of ether oxygens (including phenoxy) is 1. The van der Waals surface area contributed by atoms with Crippen molar-refractivity contribution < 1.29 is 13.2 Å². The van der Waals surface area contributed by atoms with Gasteiger partial charge in [0.05, 0.1) is 12.0 Å². The molecule has 0 saturated heterocycles. The molecule has 2 aromatic carbocycles. The summed E-state index contributed by atoms with van der Waals surface area (Å²) in [6.07, 6.45) is 3.25. The van der Waals surface area contributed by atoms with Gasteiger partial charge < -0.3 is 4.74 Å². The fraction of sp³-hybridized carbons (Fsp3) is 0.250. The van der Waals surface area contributed by atoms with E-state index in [-0.39, 0.29) is 4.90 Å². The summed E-state index contributed by atoms with van der Waals surface area (Å²) in [4.78, 5) is 0.226. The average Bonchev–Trinajstić information content (AvgIpc) is 2.94. The molecule has 0 amide bonds. The van der Waals surface area contributed by atoms with Crippen LogP contribution >= 0.6 is 0 Å². The Balaban J connectivity index is 1.85. The predicted molar refractivity (Wildman–Crippen MR) is 82.3 cm³/mol. The average molecular weight is 303 g/mol. The highest BCUT2D eigenvalue weighted by molar-refractivity contribution is 7.92. The van der Waals surface area contributed by atoms with Crippen molar-refractivity contribution in [1.29, 1.82) is 0 Å². The number of hydrogen-bond donors (Lipinski definition) is 1. The van der Waals surface area contributed by atoms with Crippen molar-refractivity contribution in [3.63, 3.8) is 0 Å². The number of nitrogens with one attached hydrogen (secondary N) is 1. The Morgan fingerprint density at radius 2 is 1.71 bits per heavy atom. The van der Waals surface area contributed by atoms with E-state index in [9.17, 15) is 8.42 Å². The SMILES string of the molecule is COc1ccc(S(=O)(=O)Nc2ccc3c(c2)CCC3)cc1. The van der Waals surface area contributed by atoms with Crippen LogP contribution in [0.15, 0.2) is 47.4 Å². The molecule has 4 nitrogen and oxygen atoms in total. The third-order valence-electron chi connectivity index (χ3n) is 3.72. The Labute approximate surface area is 124 Å². The van der Waals surface area contributed by atoms with E-state index in [1.165, 1.54) is 23.3 Å². The number of hydrogen-bond acceptors (Lipinski definition) is 3. The molecule has 2 aromatic rings. The first kappa shape index (κ1) is 13.9. The highest BCUT2D eigenvalue weighted by atomic mass is 32.2. The number of rotatable bonds is 4. The number of benzene rings is 2. The Morgan fingerprint density at radius 1 is 1.00 bits per heavy atom. The van der Waals surface area contributed by atoms with Gasteiger partial charge in [-0.15, -0.1) is 0 Å². The summed E-state index contributed by atoms with van der Waals surface area (Å²) >= 11 is 0. The molecule has 0 unspecified atom stereocenters. The molecule has 1 aliphatic carbocycles. The molecule has 0 spiro atoms. The van der Waals surface area contributed by atoms with Gasteiger partial charge in [-0.05, 0) is 66.8 Å². The van der Waals surface area contributed by atoms with Gasteiger partial charge in [0.1, 0.15) is 5.75 Å². The quantitative estimate of drug-likeness (QED) is 0.944. The van der Waals surface area contributed by atoms with Gasteiger partial charge in [0.2, 0.25) is 0 Å². The number of methoxy groups -OCH3 is 1. The third-order valence-corrected chi connectivity index (χ3v) is 5.12. The lowest BCUT2D eigenvalue weighted by molar-refractivity contribution is 0.414. The summed E-state index contributed by atoms with van der Waals surface area (Å²) in [6, 6.07) is 12.1. The maximum absolute atomic E-state index is 12.3. The maximum Gasteiger partial charge on any atom is 0.261 e. The molecular formula is C16H17NO3S. The summed E-state index contributed by atoms with van der Waals surface area (Å²) in [5, 5.41) is 0. The van der Waals surface area contributed by atoms with Crippen LogP contribution in [0.2, 0.25) is 0 Å². The Hall–Kier alpha value is -2.01. The summed E-state index contributed by atoms with van der Waals surface area (Å²) < 4.78 is 32.4. The second-order valence-electron chi connectivity index (χ2n) is 5.12. The highest BCUT2D eigenvalue weighted by Crippen LogP contribution is 2.26. The number of anilines is 1. The summed E-state index contributed by atoms with van der Waals surface area (Å²) in [6.45, 7) is 0. The molecule has 0 aromatic heterocycles. The molecular weight excluding hydrogens is 286 g/mol. The van der Waals surface area contributed by atoms with Gasteiger partial charge >= 0.3 is 0 Å². The Kier molecular flexibility index (Phi) is 3.59. The monoisotopic (exact) mass is 303 g/mol. The standard InChI is InChI=1S/C16H17NO3S/c1-20-15-7-9-16(10-8-15)21(18,19)17-14-6-5-12-3-2-4-13(12)11-14/h5-11,17H,2-4H2,1H3. The lowest BCUT2D eigenvalue weighted by Crippen LogP contribution is -2.13. The summed E-state index contributed by atoms with van der Waals surface area (Å²) in [5.74, 6) is 0.631. The van der Waals surface area contributed by atoms with Crippen LogP contribution in [0.3, 0.4) is 0 Å². The van der Waals surface area contributed by atoms with Crippen molar-refractivity contribution in [2.45, 2.75) is 24.2 Å². The number of fused-ring (bicyclic) bond motifs is 1. The fourth-order valence-electron chi connectivity index (χ4n) is 2.60. The van der Waals surface area contributed by atoms with Crippen molar-refractivity contribution in [2.24, 2.45) is 0 Å². The Morgan fingerprint density at radius 3 is 2.43 bits per heavy atom. The Bertz CT molecular complexity index is 752. The molecule has 1 N–H and O–H groups in total. The van der Waals surface area contributed by atoms with Crippen molar-refractivity contribution in [2.75, 3.05) is 11.8 Å². The third kappa shape index (κ3) is 2.88. The molecule has 0 atom stereocenters. The van der Waals surface area contributed by atoms with Crippen LogP contribution in [0.5, 0.6) is 5.75 Å². The van der Waals surface area contributed by atoms with Crippen molar-refractivity contribution in [3.05, 3.63) is 53.6 Å². The van der Waals surface area contributed by atoms with Crippen LogP contribution in [0.1, 0.15) is 17.5 Å². The van der Waals surface area contributed by atoms with E-state index in [0.717, 1.165) is 19.3 Å². The van der Waals surface area contributed by atoms with Gasteiger partial charge in [0.25, 0.3) is 10.0 Å². The molecule has 0 saturated carbocycles. The smallest absolute Gasteiger partial charge is 0.261 e. The highest BCUT2D eigenvalue weighted by Gasteiger charge is 2.16. The van der Waals surface area contributed by atoms with Gasteiger partial charge in [-0.1, -0.05) is 6.07 Å². The van der Waals surface area contributed by atoms with Gasteiger partial charge in [0, 0.05) is 5.69 Å². The minimum Gasteiger partial charge on any atom is -0.497 e. The molecule has 0 fully saturated rings. The molecule has 110 valence electrons. The predicted octanol–water partition coefficient (Wildman–Crippen LogP) is 2.98. The van der Waals surface area contributed by atoms with E-state index in [2.05, 4.69) is 4.72 Å². The molecule has 3 rings (SSSR count). The normalized spacial score (nSPS) is 13.8. The van der Waals surface area contributed by atoms with E-state index in [1.807, 2.05) is 18.2 Å². The molecule has 0 heterocycles.